The number of halogens is 1. The monoisotopic (exact) mass is 327 g/mol. The summed E-state index contributed by atoms with van der Waals surface area (Å²) in [5.74, 6) is 0.834. The topological polar surface area (TPSA) is 37.4 Å². The first-order valence-corrected chi connectivity index (χ1v) is 7.77. The van der Waals surface area contributed by atoms with Crippen molar-refractivity contribution in [2.45, 2.75) is 38.6 Å². The van der Waals surface area contributed by atoms with E-state index in [1.54, 1.807) is 0 Å². The van der Waals surface area contributed by atoms with Crippen molar-refractivity contribution in [3.63, 3.8) is 0 Å². The SMILES string of the molecule is CCOc1cc([C@H]2CCCCCN2NC)cnc1Br. The third-order valence-electron chi connectivity index (χ3n) is 3.55. The normalized spacial score (nSPS) is 21.1. The van der Waals surface area contributed by atoms with E-state index in [1.807, 2.05) is 20.2 Å². The van der Waals surface area contributed by atoms with Crippen molar-refractivity contribution in [2.75, 3.05) is 20.2 Å². The lowest BCUT2D eigenvalue weighted by Crippen LogP contribution is -2.38. The van der Waals surface area contributed by atoms with E-state index >= 15 is 0 Å². The number of aromatic nitrogens is 1. The van der Waals surface area contributed by atoms with Crippen LogP contribution in [0.2, 0.25) is 0 Å². The molecule has 1 aromatic rings. The minimum Gasteiger partial charge on any atom is -0.491 e. The first-order chi connectivity index (χ1) is 9.26. The van der Waals surface area contributed by atoms with Crippen molar-refractivity contribution in [3.05, 3.63) is 22.4 Å². The van der Waals surface area contributed by atoms with Gasteiger partial charge < -0.3 is 4.74 Å². The molecule has 1 atom stereocenters. The van der Waals surface area contributed by atoms with E-state index in [0.717, 1.165) is 23.3 Å². The molecule has 0 aromatic carbocycles. The van der Waals surface area contributed by atoms with Gasteiger partial charge in [0.25, 0.3) is 0 Å². The quantitative estimate of drug-likeness (QED) is 0.861. The van der Waals surface area contributed by atoms with Gasteiger partial charge in [-0.3, -0.25) is 5.43 Å². The molecule has 2 rings (SSSR count). The predicted molar refractivity (Wildman–Crippen MR) is 80.1 cm³/mol. The van der Waals surface area contributed by atoms with Crippen molar-refractivity contribution >= 4 is 15.9 Å². The van der Waals surface area contributed by atoms with Gasteiger partial charge in [-0.1, -0.05) is 12.8 Å². The van der Waals surface area contributed by atoms with Crippen LogP contribution in [0.4, 0.5) is 0 Å². The van der Waals surface area contributed by atoms with Gasteiger partial charge >= 0.3 is 0 Å². The third kappa shape index (κ3) is 3.68. The van der Waals surface area contributed by atoms with Gasteiger partial charge in [0.05, 0.1) is 12.6 Å². The molecule has 106 valence electrons. The van der Waals surface area contributed by atoms with Crippen LogP contribution < -0.4 is 10.2 Å². The van der Waals surface area contributed by atoms with Gasteiger partial charge in [0.2, 0.25) is 0 Å². The number of nitrogens with zero attached hydrogens (tertiary/aromatic N) is 2. The zero-order valence-corrected chi connectivity index (χ0v) is 13.2. The van der Waals surface area contributed by atoms with Gasteiger partial charge in [0, 0.05) is 12.7 Å². The van der Waals surface area contributed by atoms with Gasteiger partial charge in [-0.05, 0) is 54.4 Å². The number of hydrazine groups is 1. The predicted octanol–water partition coefficient (Wildman–Crippen LogP) is 3.29. The van der Waals surface area contributed by atoms with Crippen LogP contribution >= 0.6 is 15.9 Å². The summed E-state index contributed by atoms with van der Waals surface area (Å²) in [5, 5.41) is 2.31. The average molecular weight is 328 g/mol. The molecule has 1 saturated heterocycles. The van der Waals surface area contributed by atoms with Crippen LogP contribution in [0.5, 0.6) is 5.75 Å². The van der Waals surface area contributed by atoms with Crippen molar-refractivity contribution in [3.8, 4) is 5.75 Å². The van der Waals surface area contributed by atoms with Crippen LogP contribution in [0.25, 0.3) is 0 Å². The van der Waals surface area contributed by atoms with E-state index < -0.39 is 0 Å². The molecule has 1 fully saturated rings. The van der Waals surface area contributed by atoms with Crippen LogP contribution in [-0.4, -0.2) is 30.2 Å². The molecule has 1 aliphatic heterocycles. The first-order valence-electron chi connectivity index (χ1n) is 6.98. The number of nitrogens with one attached hydrogen (secondary N) is 1. The highest BCUT2D eigenvalue weighted by Crippen LogP contribution is 2.32. The number of pyridine rings is 1. The summed E-state index contributed by atoms with van der Waals surface area (Å²) >= 11 is 3.44. The highest BCUT2D eigenvalue weighted by Gasteiger charge is 2.22. The largest absolute Gasteiger partial charge is 0.491 e. The molecule has 1 N–H and O–H groups in total. The highest BCUT2D eigenvalue weighted by molar-refractivity contribution is 9.10. The van der Waals surface area contributed by atoms with E-state index in [2.05, 4.69) is 37.4 Å². The van der Waals surface area contributed by atoms with Crippen LogP contribution in [0.15, 0.2) is 16.9 Å². The summed E-state index contributed by atoms with van der Waals surface area (Å²) < 4.78 is 6.40. The molecule has 0 unspecified atom stereocenters. The maximum Gasteiger partial charge on any atom is 0.152 e. The second kappa shape index (κ2) is 7.22. The average Bonchev–Trinajstić information content (AvgIpc) is 2.66. The van der Waals surface area contributed by atoms with Crippen LogP contribution in [0.3, 0.4) is 0 Å². The summed E-state index contributed by atoms with van der Waals surface area (Å²) in [6, 6.07) is 2.49. The Balaban J connectivity index is 2.25. The van der Waals surface area contributed by atoms with Gasteiger partial charge in [0.1, 0.15) is 4.60 Å². The van der Waals surface area contributed by atoms with E-state index in [0.29, 0.717) is 12.6 Å². The number of rotatable bonds is 4. The van der Waals surface area contributed by atoms with Gasteiger partial charge in [0.15, 0.2) is 5.75 Å². The lowest BCUT2D eigenvalue weighted by molar-refractivity contribution is 0.142. The maximum absolute atomic E-state index is 5.62. The fourth-order valence-corrected chi connectivity index (χ4v) is 2.94. The van der Waals surface area contributed by atoms with Gasteiger partial charge in [-0.2, -0.15) is 0 Å². The molecule has 2 heterocycles. The minimum atomic E-state index is 0.382. The van der Waals surface area contributed by atoms with E-state index in [4.69, 9.17) is 4.74 Å². The molecule has 19 heavy (non-hydrogen) atoms. The van der Waals surface area contributed by atoms with Crippen molar-refractivity contribution < 1.29 is 4.74 Å². The summed E-state index contributed by atoms with van der Waals surface area (Å²) in [4.78, 5) is 4.41. The lowest BCUT2D eigenvalue weighted by Gasteiger charge is -2.29. The molecule has 0 spiro atoms. The van der Waals surface area contributed by atoms with Crippen molar-refractivity contribution in [2.24, 2.45) is 0 Å². The van der Waals surface area contributed by atoms with Crippen LogP contribution in [-0.2, 0) is 0 Å². The molecule has 0 radical (unpaired) electrons. The Morgan fingerprint density at radius 1 is 1.47 bits per heavy atom. The standard InChI is InChI=1S/C14H22BrN3O/c1-3-19-13-9-11(10-17-14(13)15)12-7-5-4-6-8-18(12)16-2/h9-10,12,16H,3-8H2,1-2H3/t12-/m1/s1. The maximum atomic E-state index is 5.62. The second-order valence-electron chi connectivity index (χ2n) is 4.77. The third-order valence-corrected chi connectivity index (χ3v) is 4.15. The molecule has 1 aromatic heterocycles. The van der Waals surface area contributed by atoms with Crippen molar-refractivity contribution in [1.82, 2.24) is 15.4 Å². The Kier molecular flexibility index (Phi) is 5.60. The summed E-state index contributed by atoms with van der Waals surface area (Å²) in [6.07, 6.45) is 6.93. The molecular weight excluding hydrogens is 306 g/mol. The van der Waals surface area contributed by atoms with Crippen LogP contribution in [0, 0.1) is 0 Å². The second-order valence-corrected chi connectivity index (χ2v) is 5.52. The zero-order valence-electron chi connectivity index (χ0n) is 11.7. The van der Waals surface area contributed by atoms with Crippen molar-refractivity contribution in [1.29, 1.82) is 0 Å². The lowest BCUT2D eigenvalue weighted by atomic mass is 10.0. The fraction of sp³-hybridized carbons (Fsp3) is 0.643. The Morgan fingerprint density at radius 3 is 3.05 bits per heavy atom. The van der Waals surface area contributed by atoms with E-state index in [1.165, 1.54) is 24.8 Å². The van der Waals surface area contributed by atoms with E-state index in [9.17, 15) is 0 Å². The summed E-state index contributed by atoms with van der Waals surface area (Å²) in [6.45, 7) is 3.73. The highest BCUT2D eigenvalue weighted by atomic mass is 79.9. The molecular formula is C14H22BrN3O. The first kappa shape index (κ1) is 14.8. The molecule has 0 bridgehead atoms. The molecule has 5 heteroatoms. The Morgan fingerprint density at radius 2 is 2.32 bits per heavy atom. The van der Waals surface area contributed by atoms with E-state index in [-0.39, 0.29) is 0 Å². The summed E-state index contributed by atoms with van der Waals surface area (Å²) in [5.41, 5.74) is 4.54. The summed E-state index contributed by atoms with van der Waals surface area (Å²) in [7, 11) is 1.99. The molecule has 4 nitrogen and oxygen atoms in total. The Hall–Kier alpha value is -0.650. The Bertz CT molecular complexity index is 414. The van der Waals surface area contributed by atoms with Crippen LogP contribution in [0.1, 0.15) is 44.2 Å². The van der Waals surface area contributed by atoms with Gasteiger partial charge in [-0.15, -0.1) is 0 Å². The zero-order chi connectivity index (χ0) is 13.7. The minimum absolute atomic E-state index is 0.382. The molecule has 0 aliphatic carbocycles. The Labute approximate surface area is 123 Å². The molecule has 0 saturated carbocycles. The number of hydrogen-bond donors (Lipinski definition) is 1. The smallest absolute Gasteiger partial charge is 0.152 e. The van der Waals surface area contributed by atoms with Gasteiger partial charge in [-0.25, -0.2) is 9.99 Å². The molecule has 0 amide bonds. The molecule has 1 aliphatic rings. The number of hydrogen-bond acceptors (Lipinski definition) is 4. The number of ether oxygens (including phenoxy) is 1. The fourth-order valence-electron chi connectivity index (χ4n) is 2.60.